The lowest BCUT2D eigenvalue weighted by Crippen LogP contribution is -2.34. The van der Waals surface area contributed by atoms with Crippen LogP contribution >= 0.6 is 0 Å². The molecule has 1 amide bonds. The van der Waals surface area contributed by atoms with E-state index in [0.717, 1.165) is 0 Å². The van der Waals surface area contributed by atoms with Crippen LogP contribution in [-0.4, -0.2) is 37.7 Å². The average molecular weight is 244 g/mol. The summed E-state index contributed by atoms with van der Waals surface area (Å²) in [6.45, 7) is 3.87. The average Bonchev–Trinajstić information content (AvgIpc) is 2.69. The summed E-state index contributed by atoms with van der Waals surface area (Å²) in [5, 5.41) is 2.71. The minimum Gasteiger partial charge on any atom is -0.312 e. The first kappa shape index (κ1) is 11.6. The third-order valence-corrected chi connectivity index (χ3v) is 4.82. The van der Waals surface area contributed by atoms with Gasteiger partial charge in [-0.2, -0.15) is 0 Å². The van der Waals surface area contributed by atoms with Crippen LogP contribution in [0.5, 0.6) is 0 Å². The first-order valence-corrected chi connectivity index (χ1v) is 7.30. The SMILES string of the molecule is CC(C)C1N=C(C2CCS(=O)(=O)C2)NC1=O. The molecule has 1 fully saturated rings. The first-order valence-electron chi connectivity index (χ1n) is 5.48. The van der Waals surface area contributed by atoms with Crippen molar-refractivity contribution in [2.45, 2.75) is 26.3 Å². The Labute approximate surface area is 95.2 Å². The Kier molecular flexibility index (Phi) is 2.77. The van der Waals surface area contributed by atoms with Gasteiger partial charge in [0.05, 0.1) is 11.5 Å². The van der Waals surface area contributed by atoms with E-state index in [9.17, 15) is 13.2 Å². The number of amidine groups is 1. The van der Waals surface area contributed by atoms with Crippen molar-refractivity contribution in [3.05, 3.63) is 0 Å². The molecule has 5 nitrogen and oxygen atoms in total. The van der Waals surface area contributed by atoms with Gasteiger partial charge in [-0.3, -0.25) is 9.79 Å². The summed E-state index contributed by atoms with van der Waals surface area (Å²) in [6, 6.07) is -0.349. The van der Waals surface area contributed by atoms with E-state index < -0.39 is 9.84 Å². The lowest BCUT2D eigenvalue weighted by atomic mass is 10.1. The highest BCUT2D eigenvalue weighted by Gasteiger charge is 2.37. The Hall–Kier alpha value is -0.910. The van der Waals surface area contributed by atoms with Crippen molar-refractivity contribution in [1.82, 2.24) is 5.32 Å². The zero-order valence-electron chi connectivity index (χ0n) is 9.43. The highest BCUT2D eigenvalue weighted by molar-refractivity contribution is 7.91. The molecule has 1 saturated heterocycles. The van der Waals surface area contributed by atoms with Gasteiger partial charge in [0.2, 0.25) is 5.91 Å². The number of rotatable bonds is 2. The van der Waals surface area contributed by atoms with Gasteiger partial charge in [0.25, 0.3) is 0 Å². The predicted octanol–water partition coefficient (Wildman–Crippen LogP) is -0.0260. The zero-order valence-corrected chi connectivity index (χ0v) is 10.3. The fourth-order valence-corrected chi connectivity index (χ4v) is 3.86. The summed E-state index contributed by atoms with van der Waals surface area (Å²) in [7, 11) is -2.92. The Balaban J connectivity index is 2.13. The van der Waals surface area contributed by atoms with Crippen molar-refractivity contribution in [3.8, 4) is 0 Å². The van der Waals surface area contributed by atoms with Crippen LogP contribution in [0.3, 0.4) is 0 Å². The molecule has 0 saturated carbocycles. The van der Waals surface area contributed by atoms with Gasteiger partial charge >= 0.3 is 0 Å². The quantitative estimate of drug-likeness (QED) is 0.741. The molecule has 2 unspecified atom stereocenters. The smallest absolute Gasteiger partial charge is 0.250 e. The van der Waals surface area contributed by atoms with E-state index in [4.69, 9.17) is 0 Å². The number of nitrogens with zero attached hydrogens (tertiary/aromatic N) is 1. The number of carbonyl (C=O) groups excluding carboxylic acids is 1. The Morgan fingerprint density at radius 1 is 1.44 bits per heavy atom. The second-order valence-electron chi connectivity index (χ2n) is 4.79. The molecule has 0 radical (unpaired) electrons. The van der Waals surface area contributed by atoms with Gasteiger partial charge in [-0.15, -0.1) is 0 Å². The fraction of sp³-hybridized carbons (Fsp3) is 0.800. The molecule has 90 valence electrons. The number of aliphatic imine (C=N–C) groups is 1. The highest BCUT2D eigenvalue weighted by atomic mass is 32.2. The van der Waals surface area contributed by atoms with Gasteiger partial charge < -0.3 is 5.32 Å². The first-order chi connectivity index (χ1) is 7.39. The fourth-order valence-electron chi connectivity index (χ4n) is 2.11. The summed E-state index contributed by atoms with van der Waals surface area (Å²) >= 11 is 0. The van der Waals surface area contributed by atoms with E-state index in [-0.39, 0.29) is 35.3 Å². The van der Waals surface area contributed by atoms with E-state index >= 15 is 0 Å². The standard InChI is InChI=1S/C10H16N2O3S/c1-6(2)8-10(13)12-9(11-8)7-3-4-16(14,15)5-7/h6-8H,3-5H2,1-2H3,(H,11,12,13). The molecule has 0 aromatic carbocycles. The van der Waals surface area contributed by atoms with Crippen LogP contribution < -0.4 is 5.32 Å². The zero-order chi connectivity index (χ0) is 11.9. The molecule has 2 aliphatic rings. The largest absolute Gasteiger partial charge is 0.312 e. The maximum atomic E-state index is 11.6. The number of amides is 1. The van der Waals surface area contributed by atoms with Crippen molar-refractivity contribution in [1.29, 1.82) is 0 Å². The van der Waals surface area contributed by atoms with Crippen molar-refractivity contribution in [3.63, 3.8) is 0 Å². The lowest BCUT2D eigenvalue weighted by molar-refractivity contribution is -0.120. The molecule has 6 heteroatoms. The van der Waals surface area contributed by atoms with Crippen molar-refractivity contribution >= 4 is 21.6 Å². The molecule has 0 aromatic rings. The Morgan fingerprint density at radius 2 is 2.12 bits per heavy atom. The minimum absolute atomic E-state index is 0.103. The van der Waals surface area contributed by atoms with E-state index in [1.165, 1.54) is 0 Å². The number of nitrogens with one attached hydrogen (secondary N) is 1. The monoisotopic (exact) mass is 244 g/mol. The molecule has 0 bridgehead atoms. The van der Waals surface area contributed by atoms with Crippen molar-refractivity contribution < 1.29 is 13.2 Å². The van der Waals surface area contributed by atoms with Crippen LogP contribution in [0.2, 0.25) is 0 Å². The number of sulfone groups is 1. The minimum atomic E-state index is -2.92. The van der Waals surface area contributed by atoms with Crippen molar-refractivity contribution in [2.24, 2.45) is 16.8 Å². The van der Waals surface area contributed by atoms with Crippen LogP contribution in [0.15, 0.2) is 4.99 Å². The summed E-state index contributed by atoms with van der Waals surface area (Å²) < 4.78 is 22.7. The summed E-state index contributed by atoms with van der Waals surface area (Å²) in [5.74, 6) is 0.836. The molecule has 0 aromatic heterocycles. The van der Waals surface area contributed by atoms with Crippen LogP contribution in [0.4, 0.5) is 0 Å². The third kappa shape index (κ3) is 2.11. The summed E-state index contributed by atoms with van der Waals surface area (Å²) in [5.41, 5.74) is 0. The van der Waals surface area contributed by atoms with Gasteiger partial charge in [0, 0.05) is 5.92 Å². The van der Waals surface area contributed by atoms with Gasteiger partial charge in [-0.05, 0) is 12.3 Å². The maximum absolute atomic E-state index is 11.6. The van der Waals surface area contributed by atoms with Gasteiger partial charge in [-0.25, -0.2) is 8.42 Å². The molecular weight excluding hydrogens is 228 g/mol. The molecular formula is C10H16N2O3S. The van der Waals surface area contributed by atoms with Crippen LogP contribution in [0, 0.1) is 11.8 Å². The molecule has 1 N–H and O–H groups in total. The Bertz CT molecular complexity index is 439. The van der Waals surface area contributed by atoms with E-state index in [1.54, 1.807) is 0 Å². The maximum Gasteiger partial charge on any atom is 0.250 e. The molecule has 2 heterocycles. The second-order valence-corrected chi connectivity index (χ2v) is 7.02. The van der Waals surface area contributed by atoms with Crippen molar-refractivity contribution in [2.75, 3.05) is 11.5 Å². The van der Waals surface area contributed by atoms with Gasteiger partial charge in [0.15, 0.2) is 9.84 Å². The normalized spacial score (nSPS) is 32.9. The molecule has 2 rings (SSSR count). The van der Waals surface area contributed by atoms with Gasteiger partial charge in [-0.1, -0.05) is 13.8 Å². The number of carbonyl (C=O) groups is 1. The van der Waals surface area contributed by atoms with Crippen LogP contribution in [-0.2, 0) is 14.6 Å². The molecule has 16 heavy (non-hydrogen) atoms. The second kappa shape index (κ2) is 3.84. The molecule has 0 aliphatic carbocycles. The topological polar surface area (TPSA) is 75.6 Å². The van der Waals surface area contributed by atoms with E-state index in [2.05, 4.69) is 10.3 Å². The Morgan fingerprint density at radius 3 is 2.56 bits per heavy atom. The van der Waals surface area contributed by atoms with Crippen LogP contribution in [0.25, 0.3) is 0 Å². The van der Waals surface area contributed by atoms with Gasteiger partial charge in [0.1, 0.15) is 11.9 Å². The predicted molar refractivity (Wildman–Crippen MR) is 61.0 cm³/mol. The number of hydrogen-bond donors (Lipinski definition) is 1. The summed E-state index contributed by atoms with van der Waals surface area (Å²) in [6.07, 6.45) is 0.576. The van der Waals surface area contributed by atoms with E-state index in [1.807, 2.05) is 13.8 Å². The van der Waals surface area contributed by atoms with Crippen LogP contribution in [0.1, 0.15) is 20.3 Å². The lowest BCUT2D eigenvalue weighted by Gasteiger charge is -2.06. The number of hydrogen-bond acceptors (Lipinski definition) is 4. The summed E-state index contributed by atoms with van der Waals surface area (Å²) in [4.78, 5) is 15.9. The molecule has 2 aliphatic heterocycles. The highest BCUT2D eigenvalue weighted by Crippen LogP contribution is 2.23. The van der Waals surface area contributed by atoms with E-state index in [0.29, 0.717) is 12.3 Å². The third-order valence-electron chi connectivity index (χ3n) is 3.05. The molecule has 0 spiro atoms. The molecule has 2 atom stereocenters.